The van der Waals surface area contributed by atoms with Gasteiger partial charge < -0.3 is 9.31 Å². The van der Waals surface area contributed by atoms with E-state index < -0.39 is 17.1 Å². The van der Waals surface area contributed by atoms with Crippen molar-refractivity contribution in [3.63, 3.8) is 0 Å². The molecule has 0 radical (unpaired) electrons. The number of rotatable bonds is 5. The lowest BCUT2D eigenvalue weighted by atomic mass is 9.79. The van der Waals surface area contributed by atoms with E-state index in [-0.39, 0.29) is 17.0 Å². The summed E-state index contributed by atoms with van der Waals surface area (Å²) in [5, 5.41) is 3.06. The highest BCUT2D eigenvalue weighted by atomic mass is 32.2. The maximum absolute atomic E-state index is 11.6. The first-order valence-corrected chi connectivity index (χ1v) is 10.9. The molecule has 0 unspecified atom stereocenters. The smallest absolute Gasteiger partial charge is 0.399 e. The van der Waals surface area contributed by atoms with Gasteiger partial charge in [-0.15, -0.1) is 11.3 Å². The summed E-state index contributed by atoms with van der Waals surface area (Å²) < 4.78 is 39.2. The average molecular weight is 381 g/mol. The van der Waals surface area contributed by atoms with Gasteiger partial charge >= 0.3 is 7.12 Å². The number of thiophene rings is 1. The number of nitrogens with one attached hydrogen (secondary N) is 1. The van der Waals surface area contributed by atoms with E-state index in [9.17, 15) is 8.42 Å². The summed E-state index contributed by atoms with van der Waals surface area (Å²) in [6, 6.07) is 6.08. The van der Waals surface area contributed by atoms with Crippen LogP contribution in [-0.4, -0.2) is 32.5 Å². The lowest BCUT2D eigenvalue weighted by Gasteiger charge is -2.32. The summed E-state index contributed by atoms with van der Waals surface area (Å²) in [7, 11) is -3.59. The molecule has 0 saturated carbocycles. The zero-order valence-electron chi connectivity index (χ0n) is 15.3. The number of hydrogen-bond acceptors (Lipinski definition) is 5. The van der Waals surface area contributed by atoms with Crippen LogP contribution in [-0.2, 0) is 25.9 Å². The van der Waals surface area contributed by atoms with E-state index >= 15 is 0 Å². The topological polar surface area (TPSA) is 64.6 Å². The van der Waals surface area contributed by atoms with Gasteiger partial charge in [-0.3, -0.25) is 0 Å². The molecule has 1 aromatic heterocycles. The molecule has 136 valence electrons. The minimum atomic E-state index is -3.20. The molecule has 0 atom stereocenters. The second-order valence-electron chi connectivity index (χ2n) is 7.33. The predicted molar refractivity (Wildman–Crippen MR) is 104 cm³/mol. The Kier molecular flexibility index (Phi) is 4.79. The zero-order chi connectivity index (χ0) is 18.5. The van der Waals surface area contributed by atoms with E-state index in [1.807, 2.05) is 45.2 Å². The third kappa shape index (κ3) is 3.64. The highest BCUT2D eigenvalue weighted by Crippen LogP contribution is 2.37. The normalized spacial score (nSPS) is 19.6. The second-order valence-corrected chi connectivity index (χ2v) is 10.3. The Morgan fingerprint density at radius 2 is 1.80 bits per heavy atom. The van der Waals surface area contributed by atoms with Crippen molar-refractivity contribution >= 4 is 44.0 Å². The van der Waals surface area contributed by atoms with Gasteiger partial charge in [-0.25, -0.2) is 13.1 Å². The molecule has 1 aromatic carbocycles. The first-order chi connectivity index (χ1) is 11.5. The molecule has 1 N–H and O–H groups in total. The highest BCUT2D eigenvalue weighted by molar-refractivity contribution is 7.89. The Hall–Kier alpha value is -0.925. The van der Waals surface area contributed by atoms with E-state index in [0.717, 1.165) is 21.1 Å². The first kappa shape index (κ1) is 18.9. The molecule has 0 bridgehead atoms. The summed E-state index contributed by atoms with van der Waals surface area (Å²) >= 11 is 1.60. The van der Waals surface area contributed by atoms with Crippen LogP contribution in [0.4, 0.5) is 0 Å². The van der Waals surface area contributed by atoms with Crippen LogP contribution in [0.1, 0.15) is 40.2 Å². The van der Waals surface area contributed by atoms with Gasteiger partial charge in [0.2, 0.25) is 10.0 Å². The molecule has 0 amide bonds. The van der Waals surface area contributed by atoms with Gasteiger partial charge in [-0.1, -0.05) is 12.1 Å². The van der Waals surface area contributed by atoms with Crippen LogP contribution in [0.25, 0.3) is 10.1 Å². The van der Waals surface area contributed by atoms with Crippen LogP contribution in [0.15, 0.2) is 23.6 Å². The van der Waals surface area contributed by atoms with E-state index in [2.05, 4.69) is 10.8 Å². The summed E-state index contributed by atoms with van der Waals surface area (Å²) in [5.41, 5.74) is 1.23. The maximum atomic E-state index is 11.6. The van der Waals surface area contributed by atoms with Gasteiger partial charge in [0.15, 0.2) is 0 Å². The lowest BCUT2D eigenvalue weighted by Crippen LogP contribution is -2.41. The van der Waals surface area contributed by atoms with Gasteiger partial charge in [-0.05, 0) is 62.5 Å². The molecule has 1 fully saturated rings. The van der Waals surface area contributed by atoms with Crippen molar-refractivity contribution in [3.05, 3.63) is 29.1 Å². The third-order valence-corrected chi connectivity index (χ3v) is 7.41. The summed E-state index contributed by atoms with van der Waals surface area (Å²) in [6.07, 6.45) is 0. The minimum Gasteiger partial charge on any atom is -0.399 e. The van der Waals surface area contributed by atoms with Crippen molar-refractivity contribution in [3.8, 4) is 0 Å². The fourth-order valence-electron chi connectivity index (χ4n) is 2.65. The molecule has 3 rings (SSSR count). The first-order valence-electron chi connectivity index (χ1n) is 8.38. The van der Waals surface area contributed by atoms with Crippen LogP contribution in [0, 0.1) is 0 Å². The number of benzene rings is 1. The fraction of sp³-hybridized carbons (Fsp3) is 0.529. The number of hydrogen-bond donors (Lipinski definition) is 1. The Balaban J connectivity index is 1.83. The molecule has 0 spiro atoms. The Labute approximate surface area is 153 Å². The van der Waals surface area contributed by atoms with Crippen molar-refractivity contribution in [2.24, 2.45) is 0 Å². The van der Waals surface area contributed by atoms with Gasteiger partial charge in [0.25, 0.3) is 0 Å². The van der Waals surface area contributed by atoms with Crippen LogP contribution < -0.4 is 10.2 Å². The van der Waals surface area contributed by atoms with Crippen molar-refractivity contribution < 1.29 is 17.7 Å². The molecular formula is C17H24BNO4S2. The Morgan fingerprint density at radius 3 is 2.40 bits per heavy atom. The van der Waals surface area contributed by atoms with Crippen LogP contribution >= 0.6 is 11.3 Å². The molecule has 5 nitrogen and oxygen atoms in total. The van der Waals surface area contributed by atoms with Gasteiger partial charge in [-0.2, -0.15) is 0 Å². The minimum absolute atomic E-state index is 0.0845. The number of fused-ring (bicyclic) bond motifs is 1. The average Bonchev–Trinajstić information content (AvgIpc) is 3.03. The van der Waals surface area contributed by atoms with Crippen molar-refractivity contribution in [2.45, 2.75) is 52.4 Å². The lowest BCUT2D eigenvalue weighted by molar-refractivity contribution is 0.00578. The molecule has 1 aliphatic rings. The van der Waals surface area contributed by atoms with Crippen LogP contribution in [0.2, 0.25) is 0 Å². The second kappa shape index (κ2) is 6.35. The quantitative estimate of drug-likeness (QED) is 0.809. The van der Waals surface area contributed by atoms with Crippen molar-refractivity contribution in [1.82, 2.24) is 4.72 Å². The molecular weight excluding hydrogens is 357 g/mol. The molecule has 2 heterocycles. The SMILES string of the molecule is CCS(=O)(=O)NCc1csc2cc(B3OC(C)(C)C(C)(C)O3)ccc12. The van der Waals surface area contributed by atoms with E-state index in [0.29, 0.717) is 6.54 Å². The Bertz CT molecular complexity index is 873. The fourth-order valence-corrected chi connectivity index (χ4v) is 4.24. The molecule has 1 aliphatic heterocycles. The van der Waals surface area contributed by atoms with Gasteiger partial charge in [0.1, 0.15) is 0 Å². The summed E-state index contributed by atoms with van der Waals surface area (Å²) in [5.74, 6) is 0.0845. The molecule has 0 aliphatic carbocycles. The monoisotopic (exact) mass is 381 g/mol. The van der Waals surface area contributed by atoms with Crippen molar-refractivity contribution in [1.29, 1.82) is 0 Å². The third-order valence-electron chi connectivity index (χ3n) is 5.07. The van der Waals surface area contributed by atoms with E-state index in [1.165, 1.54) is 0 Å². The number of sulfonamides is 1. The maximum Gasteiger partial charge on any atom is 0.494 e. The largest absolute Gasteiger partial charge is 0.494 e. The summed E-state index contributed by atoms with van der Waals surface area (Å²) in [6.45, 7) is 10.1. The van der Waals surface area contributed by atoms with E-state index in [1.54, 1.807) is 18.3 Å². The molecule has 25 heavy (non-hydrogen) atoms. The van der Waals surface area contributed by atoms with Gasteiger partial charge in [0, 0.05) is 11.2 Å². The summed E-state index contributed by atoms with van der Waals surface area (Å²) in [4.78, 5) is 0. The van der Waals surface area contributed by atoms with Gasteiger partial charge in [0.05, 0.1) is 17.0 Å². The molecule has 8 heteroatoms. The predicted octanol–water partition coefficient (Wildman–Crippen LogP) is 2.64. The molecule has 1 saturated heterocycles. The van der Waals surface area contributed by atoms with Crippen molar-refractivity contribution in [2.75, 3.05) is 5.75 Å². The highest BCUT2D eigenvalue weighted by Gasteiger charge is 2.51. The molecule has 2 aromatic rings. The van der Waals surface area contributed by atoms with Crippen LogP contribution in [0.3, 0.4) is 0 Å². The standard InChI is InChI=1S/C17H24BNO4S2/c1-6-25(20,21)19-10-12-11-24-15-9-13(7-8-14(12)15)18-22-16(2,3)17(4,5)23-18/h7-9,11,19H,6,10H2,1-5H3. The Morgan fingerprint density at radius 1 is 1.16 bits per heavy atom. The zero-order valence-corrected chi connectivity index (χ0v) is 16.9. The van der Waals surface area contributed by atoms with E-state index in [4.69, 9.17) is 9.31 Å². The van der Waals surface area contributed by atoms with Crippen LogP contribution in [0.5, 0.6) is 0 Å².